The number of rotatable bonds is 8. The Bertz CT molecular complexity index is 1010. The summed E-state index contributed by atoms with van der Waals surface area (Å²) < 4.78 is 32.9. The van der Waals surface area contributed by atoms with Crippen LogP contribution in [0.5, 0.6) is 0 Å². The van der Waals surface area contributed by atoms with E-state index < -0.39 is 10.0 Å². The third-order valence-electron chi connectivity index (χ3n) is 5.44. The molecule has 0 aliphatic carbocycles. The first-order valence-electron chi connectivity index (χ1n) is 10.7. The average molecular weight is 446 g/mol. The Morgan fingerprint density at radius 1 is 1.10 bits per heavy atom. The van der Waals surface area contributed by atoms with Crippen LogP contribution in [0.3, 0.4) is 0 Å². The van der Waals surface area contributed by atoms with E-state index in [9.17, 15) is 13.2 Å². The molecule has 1 aliphatic rings. The Hall–Kier alpha value is -2.42. The maximum absolute atomic E-state index is 13.2. The van der Waals surface area contributed by atoms with E-state index in [2.05, 4.69) is 10.2 Å². The van der Waals surface area contributed by atoms with E-state index in [0.29, 0.717) is 51.5 Å². The molecular weight excluding hydrogens is 414 g/mol. The quantitative estimate of drug-likeness (QED) is 0.676. The monoisotopic (exact) mass is 445 g/mol. The van der Waals surface area contributed by atoms with E-state index in [1.54, 1.807) is 26.0 Å². The summed E-state index contributed by atoms with van der Waals surface area (Å²) in [4.78, 5) is 15.4. The number of sulfonamides is 1. The number of carbonyl (C=O) groups is 1. The molecule has 0 aromatic heterocycles. The normalized spacial score (nSPS) is 14.6. The van der Waals surface area contributed by atoms with Crippen molar-refractivity contribution in [2.24, 2.45) is 0 Å². The van der Waals surface area contributed by atoms with Crippen molar-refractivity contribution < 1.29 is 17.9 Å². The van der Waals surface area contributed by atoms with Crippen molar-refractivity contribution in [1.29, 1.82) is 0 Å². The van der Waals surface area contributed by atoms with Gasteiger partial charge in [0.1, 0.15) is 0 Å². The minimum Gasteiger partial charge on any atom is -0.378 e. The molecule has 1 N–H and O–H groups in total. The number of ether oxygens (including phenoxy) is 1. The molecule has 1 aliphatic heterocycles. The molecule has 0 radical (unpaired) electrons. The molecular formula is C23H31N3O4S. The summed E-state index contributed by atoms with van der Waals surface area (Å²) in [5.41, 5.74) is 3.20. The van der Waals surface area contributed by atoms with Crippen LogP contribution in [0, 0.1) is 6.92 Å². The third kappa shape index (κ3) is 5.44. The second-order valence-electron chi connectivity index (χ2n) is 7.54. The van der Waals surface area contributed by atoms with Crippen LogP contribution < -0.4 is 10.2 Å². The Labute approximate surface area is 185 Å². The highest BCUT2D eigenvalue weighted by Gasteiger charge is 2.26. The first-order chi connectivity index (χ1) is 14.9. The van der Waals surface area contributed by atoms with Gasteiger partial charge in [0.2, 0.25) is 10.0 Å². The summed E-state index contributed by atoms with van der Waals surface area (Å²) in [7, 11) is -3.67. The highest BCUT2D eigenvalue weighted by atomic mass is 32.2. The molecule has 1 fully saturated rings. The fourth-order valence-electron chi connectivity index (χ4n) is 3.75. The summed E-state index contributed by atoms with van der Waals surface area (Å²) >= 11 is 0. The zero-order valence-corrected chi connectivity index (χ0v) is 19.2. The highest BCUT2D eigenvalue weighted by Crippen LogP contribution is 2.27. The fraction of sp³-hybridized carbons (Fsp3) is 0.435. The molecule has 2 aromatic carbocycles. The van der Waals surface area contributed by atoms with Crippen molar-refractivity contribution in [1.82, 2.24) is 9.62 Å². The minimum absolute atomic E-state index is 0.133. The van der Waals surface area contributed by atoms with E-state index in [1.165, 1.54) is 10.4 Å². The third-order valence-corrected chi connectivity index (χ3v) is 7.49. The van der Waals surface area contributed by atoms with Crippen LogP contribution in [0.1, 0.15) is 35.3 Å². The number of aryl methyl sites for hydroxylation is 1. The Morgan fingerprint density at radius 3 is 2.45 bits per heavy atom. The molecule has 7 nitrogen and oxygen atoms in total. The van der Waals surface area contributed by atoms with Crippen molar-refractivity contribution in [3.63, 3.8) is 0 Å². The predicted octanol–water partition coefficient (Wildman–Crippen LogP) is 2.79. The number of hydrogen-bond acceptors (Lipinski definition) is 5. The molecule has 0 saturated carbocycles. The van der Waals surface area contributed by atoms with Crippen LogP contribution in [-0.4, -0.2) is 58.0 Å². The number of nitrogens with zero attached hydrogens (tertiary/aromatic N) is 2. The van der Waals surface area contributed by atoms with Gasteiger partial charge in [0, 0.05) is 38.4 Å². The lowest BCUT2D eigenvalue weighted by molar-refractivity contribution is 0.0949. The second kappa shape index (κ2) is 10.3. The van der Waals surface area contributed by atoms with Gasteiger partial charge in [0.25, 0.3) is 5.91 Å². The van der Waals surface area contributed by atoms with Crippen LogP contribution >= 0.6 is 0 Å². The first kappa shape index (κ1) is 23.2. The van der Waals surface area contributed by atoms with Crippen molar-refractivity contribution in [3.8, 4) is 0 Å². The summed E-state index contributed by atoms with van der Waals surface area (Å²) in [6.45, 7) is 9.18. The fourth-order valence-corrected chi connectivity index (χ4v) is 5.23. The van der Waals surface area contributed by atoms with E-state index >= 15 is 0 Å². The number of amides is 1. The lowest BCUT2D eigenvalue weighted by Gasteiger charge is -2.30. The molecule has 1 amide bonds. The van der Waals surface area contributed by atoms with Crippen molar-refractivity contribution >= 4 is 21.6 Å². The Balaban J connectivity index is 1.94. The molecule has 0 bridgehead atoms. The van der Waals surface area contributed by atoms with Gasteiger partial charge in [0.15, 0.2) is 0 Å². The molecule has 1 saturated heterocycles. The van der Waals surface area contributed by atoms with Gasteiger partial charge in [-0.2, -0.15) is 4.31 Å². The molecule has 0 atom stereocenters. The molecule has 0 spiro atoms. The van der Waals surface area contributed by atoms with E-state index in [4.69, 9.17) is 4.74 Å². The van der Waals surface area contributed by atoms with Crippen LogP contribution in [0.15, 0.2) is 47.4 Å². The van der Waals surface area contributed by atoms with E-state index in [-0.39, 0.29) is 10.8 Å². The van der Waals surface area contributed by atoms with Crippen LogP contribution in [0.2, 0.25) is 0 Å². The molecule has 3 rings (SSSR count). The number of morpholine rings is 1. The lowest BCUT2D eigenvalue weighted by Crippen LogP contribution is -2.38. The number of nitrogens with one attached hydrogen (secondary N) is 1. The number of anilines is 1. The maximum Gasteiger partial charge on any atom is 0.253 e. The maximum atomic E-state index is 13.2. The minimum atomic E-state index is -3.67. The first-order valence-corrected chi connectivity index (χ1v) is 12.1. The van der Waals surface area contributed by atoms with Crippen LogP contribution in [0.4, 0.5) is 5.69 Å². The Morgan fingerprint density at radius 2 is 1.81 bits per heavy atom. The highest BCUT2D eigenvalue weighted by molar-refractivity contribution is 7.89. The number of hydrogen-bond donors (Lipinski definition) is 1. The summed E-state index contributed by atoms with van der Waals surface area (Å²) in [5, 5.41) is 2.95. The van der Waals surface area contributed by atoms with Gasteiger partial charge in [-0.25, -0.2) is 8.42 Å². The topological polar surface area (TPSA) is 79.0 Å². The van der Waals surface area contributed by atoms with Crippen LogP contribution in [0.25, 0.3) is 0 Å². The number of benzene rings is 2. The lowest BCUT2D eigenvalue weighted by atomic mass is 10.1. The van der Waals surface area contributed by atoms with Gasteiger partial charge in [-0.15, -0.1) is 0 Å². The molecule has 168 valence electrons. The van der Waals surface area contributed by atoms with Crippen molar-refractivity contribution in [2.45, 2.75) is 32.2 Å². The van der Waals surface area contributed by atoms with Crippen molar-refractivity contribution in [2.75, 3.05) is 44.3 Å². The van der Waals surface area contributed by atoms with Gasteiger partial charge >= 0.3 is 0 Å². The van der Waals surface area contributed by atoms with E-state index in [1.807, 2.05) is 31.2 Å². The van der Waals surface area contributed by atoms with Crippen molar-refractivity contribution in [3.05, 3.63) is 59.2 Å². The van der Waals surface area contributed by atoms with E-state index in [0.717, 1.165) is 16.8 Å². The van der Waals surface area contributed by atoms with Gasteiger partial charge < -0.3 is 15.0 Å². The van der Waals surface area contributed by atoms with Crippen LogP contribution in [-0.2, 0) is 21.3 Å². The molecule has 31 heavy (non-hydrogen) atoms. The Kier molecular flexibility index (Phi) is 7.69. The SMILES string of the molecule is CCN(CC)S(=O)(=O)c1ccc(N2CCOCC2)c(C(=O)NCc2cccc(C)c2)c1. The molecule has 2 aromatic rings. The summed E-state index contributed by atoms with van der Waals surface area (Å²) in [6.07, 6.45) is 0. The largest absolute Gasteiger partial charge is 0.378 e. The summed E-state index contributed by atoms with van der Waals surface area (Å²) in [5.74, 6) is -0.292. The molecule has 8 heteroatoms. The molecule has 0 unspecified atom stereocenters. The second-order valence-corrected chi connectivity index (χ2v) is 9.48. The predicted molar refractivity (Wildman–Crippen MR) is 122 cm³/mol. The van der Waals surface area contributed by atoms with Gasteiger partial charge in [-0.05, 0) is 30.7 Å². The standard InChI is InChI=1S/C23H31N3O4S/c1-4-26(5-2)31(28,29)20-9-10-22(25-11-13-30-14-12-25)21(16-20)23(27)24-17-19-8-6-7-18(3)15-19/h6-10,15-16H,4-5,11-14,17H2,1-3H3,(H,24,27). The zero-order chi connectivity index (χ0) is 22.4. The number of carbonyl (C=O) groups excluding carboxylic acids is 1. The zero-order valence-electron chi connectivity index (χ0n) is 18.4. The van der Waals surface area contributed by atoms with Gasteiger partial charge in [-0.3, -0.25) is 4.79 Å². The van der Waals surface area contributed by atoms with Gasteiger partial charge in [0.05, 0.1) is 23.7 Å². The molecule has 1 heterocycles. The van der Waals surface area contributed by atoms with Gasteiger partial charge in [-0.1, -0.05) is 43.7 Å². The summed E-state index contributed by atoms with van der Waals surface area (Å²) in [6, 6.07) is 12.8. The smallest absolute Gasteiger partial charge is 0.253 e. The average Bonchev–Trinajstić information content (AvgIpc) is 2.78.